The second-order valence-corrected chi connectivity index (χ2v) is 16.7. The number of nitrogens with zero attached hydrogens (tertiary/aromatic N) is 2. The highest BCUT2D eigenvalue weighted by Crippen LogP contribution is 2.42. The van der Waals surface area contributed by atoms with Crippen molar-refractivity contribution in [3.05, 3.63) is 241 Å². The van der Waals surface area contributed by atoms with Crippen LogP contribution in [0.15, 0.2) is 212 Å². The smallest absolute Gasteiger partial charge is 0.200 e. The lowest BCUT2D eigenvalue weighted by Crippen LogP contribution is -2.10. The average molecular weight is 879 g/mol. The zero-order valence-corrected chi connectivity index (χ0v) is 35.5. The van der Waals surface area contributed by atoms with Crippen molar-refractivity contribution in [3.8, 4) is 39.1 Å². The quantitative estimate of drug-likeness (QED) is 0.0670. The van der Waals surface area contributed by atoms with Gasteiger partial charge in [-0.2, -0.15) is 0 Å². The van der Waals surface area contributed by atoms with Gasteiger partial charge >= 0.3 is 0 Å². The van der Waals surface area contributed by atoms with E-state index in [0.29, 0.717) is 5.69 Å². The molecule has 0 aliphatic rings. The van der Waals surface area contributed by atoms with E-state index >= 15 is 0 Å². The van der Waals surface area contributed by atoms with E-state index in [-0.39, 0.29) is 5.56 Å². The lowest BCUT2D eigenvalue weighted by Gasteiger charge is -2.26. The van der Waals surface area contributed by atoms with Crippen molar-refractivity contribution >= 4 is 71.2 Å². The topological polar surface area (TPSA) is 8.17 Å². The Bertz CT molecular complexity index is 3840. The number of benzene rings is 11. The Morgan fingerprint density at radius 2 is 0.642 bits per heavy atom. The van der Waals surface area contributed by atoms with Gasteiger partial charge < -0.3 is 9.47 Å². The Balaban J connectivity index is 0.951. The molecule has 67 heavy (non-hydrogen) atoms. The number of aromatic nitrogens is 1. The van der Waals surface area contributed by atoms with Gasteiger partial charge in [0.2, 0.25) is 5.82 Å². The first-order valence-electron chi connectivity index (χ1n) is 21.9. The first-order valence-corrected chi connectivity index (χ1v) is 21.9. The summed E-state index contributed by atoms with van der Waals surface area (Å²) in [5, 5.41) is 9.43. The van der Waals surface area contributed by atoms with Crippen LogP contribution >= 0.6 is 0 Å². The van der Waals surface area contributed by atoms with Crippen molar-refractivity contribution in [2.24, 2.45) is 0 Å². The third-order valence-corrected chi connectivity index (χ3v) is 13.0. The Morgan fingerprint density at radius 1 is 0.269 bits per heavy atom. The Labute approximate surface area is 381 Å². The number of fused-ring (bicyclic) bond motifs is 9. The summed E-state index contributed by atoms with van der Waals surface area (Å²) in [5.74, 6) is -9.95. The monoisotopic (exact) mass is 878 g/mol. The molecule has 0 radical (unpaired) electrons. The molecule has 0 amide bonds. The highest BCUT2D eigenvalue weighted by molar-refractivity contribution is 6.25. The van der Waals surface area contributed by atoms with Crippen molar-refractivity contribution in [1.29, 1.82) is 0 Å². The molecule has 2 nitrogen and oxygen atoms in total. The van der Waals surface area contributed by atoms with E-state index in [4.69, 9.17) is 0 Å². The van der Waals surface area contributed by atoms with Gasteiger partial charge in [-0.15, -0.1) is 0 Å². The van der Waals surface area contributed by atoms with Crippen LogP contribution in [-0.4, -0.2) is 4.57 Å². The SMILES string of the molecule is Fc1c(F)c(F)c(-c2ccc(N(c3ccc(-c4ccc5c6ccccc6c6ccccc6c5c4)cc3)c3ccc(-c4ccc5c6ccccc6n(-c6ccccc6)c5c4)cc3)cc2)c(F)c1F. The van der Waals surface area contributed by atoms with E-state index in [2.05, 4.69) is 150 Å². The molecule has 0 atom stereocenters. The first kappa shape index (κ1) is 40.0. The molecule has 0 aliphatic carbocycles. The predicted molar refractivity (Wildman–Crippen MR) is 264 cm³/mol. The minimum atomic E-state index is -2.20. The van der Waals surface area contributed by atoms with Gasteiger partial charge in [0.25, 0.3) is 0 Å². The summed E-state index contributed by atoms with van der Waals surface area (Å²) < 4.78 is 74.9. The molecule has 0 saturated carbocycles. The third kappa shape index (κ3) is 6.53. The van der Waals surface area contributed by atoms with Crippen molar-refractivity contribution < 1.29 is 22.0 Å². The maximum atomic E-state index is 15.0. The number of anilines is 3. The summed E-state index contributed by atoms with van der Waals surface area (Å²) >= 11 is 0. The Hall–Kier alpha value is -8.55. The molecule has 0 fully saturated rings. The van der Waals surface area contributed by atoms with E-state index in [0.717, 1.165) is 61.1 Å². The number of hydrogen-bond acceptors (Lipinski definition) is 1. The molecule has 0 bridgehead atoms. The van der Waals surface area contributed by atoms with Gasteiger partial charge in [-0.05, 0) is 127 Å². The fourth-order valence-corrected chi connectivity index (χ4v) is 9.78. The van der Waals surface area contributed by atoms with Gasteiger partial charge in [0.1, 0.15) is 0 Å². The molecule has 1 aromatic heterocycles. The van der Waals surface area contributed by atoms with Crippen LogP contribution in [0.25, 0.3) is 93.2 Å². The Morgan fingerprint density at radius 3 is 1.18 bits per heavy atom. The molecule has 0 aliphatic heterocycles. The molecular formula is C60H35F5N2. The van der Waals surface area contributed by atoms with Gasteiger partial charge in [-0.25, -0.2) is 22.0 Å². The fourth-order valence-electron chi connectivity index (χ4n) is 9.78. The summed E-state index contributed by atoms with van der Waals surface area (Å²) in [4.78, 5) is 1.99. The van der Waals surface area contributed by atoms with E-state index in [1.165, 1.54) is 44.5 Å². The van der Waals surface area contributed by atoms with Crippen LogP contribution in [0.5, 0.6) is 0 Å². The zero-order valence-electron chi connectivity index (χ0n) is 35.5. The molecule has 0 unspecified atom stereocenters. The summed E-state index contributed by atoms with van der Waals surface area (Å²) in [5.41, 5.74) is 8.36. The Kier molecular flexibility index (Phi) is 9.47. The van der Waals surface area contributed by atoms with E-state index < -0.39 is 34.6 Å². The maximum absolute atomic E-state index is 15.0. The van der Waals surface area contributed by atoms with Gasteiger partial charge in [-0.3, -0.25) is 0 Å². The van der Waals surface area contributed by atoms with Crippen LogP contribution in [-0.2, 0) is 0 Å². The summed E-state index contributed by atoms with van der Waals surface area (Å²) in [6, 6.07) is 71.0. The molecule has 320 valence electrons. The minimum absolute atomic E-state index is 0.151. The van der Waals surface area contributed by atoms with Gasteiger partial charge in [0.15, 0.2) is 23.3 Å². The summed E-state index contributed by atoms with van der Waals surface area (Å²) in [6.07, 6.45) is 0. The van der Waals surface area contributed by atoms with Crippen LogP contribution in [0, 0.1) is 29.1 Å². The van der Waals surface area contributed by atoms with Crippen molar-refractivity contribution in [3.63, 3.8) is 0 Å². The molecule has 12 aromatic rings. The standard InChI is InChI=1S/C60H35F5N2/c61-56-55(57(62)59(64)60(65)58(56)63)38-22-30-44(31-23-38)66(42-26-18-36(19-27-42)39-24-32-49-47-14-5-4-12-45(47)46-13-6-7-15-48(46)52(49)34-39)43-28-20-37(21-29-43)40-25-33-51-50-16-8-9-17-53(50)67(54(51)35-40)41-10-2-1-3-11-41/h1-35H. The molecule has 0 spiro atoms. The third-order valence-electron chi connectivity index (χ3n) is 13.0. The number of halogens is 5. The van der Waals surface area contributed by atoms with Gasteiger partial charge in [-0.1, -0.05) is 146 Å². The van der Waals surface area contributed by atoms with Gasteiger partial charge in [0.05, 0.1) is 16.6 Å². The number of rotatable bonds is 7. The van der Waals surface area contributed by atoms with Crippen LogP contribution in [0.1, 0.15) is 0 Å². The number of para-hydroxylation sites is 2. The van der Waals surface area contributed by atoms with Crippen LogP contribution in [0.4, 0.5) is 39.0 Å². The summed E-state index contributed by atoms with van der Waals surface area (Å²) in [7, 11) is 0. The first-order chi connectivity index (χ1) is 32.8. The molecular weight excluding hydrogens is 844 g/mol. The van der Waals surface area contributed by atoms with E-state index in [9.17, 15) is 22.0 Å². The van der Waals surface area contributed by atoms with Crippen molar-refractivity contribution in [2.75, 3.05) is 4.90 Å². The van der Waals surface area contributed by atoms with Crippen molar-refractivity contribution in [1.82, 2.24) is 4.57 Å². The van der Waals surface area contributed by atoms with Gasteiger partial charge in [0, 0.05) is 33.5 Å². The number of hydrogen-bond donors (Lipinski definition) is 0. The largest absolute Gasteiger partial charge is 0.311 e. The molecule has 7 heteroatoms. The normalized spacial score (nSPS) is 11.7. The highest BCUT2D eigenvalue weighted by Gasteiger charge is 2.27. The minimum Gasteiger partial charge on any atom is -0.311 e. The predicted octanol–water partition coefficient (Wildman–Crippen LogP) is 17.4. The highest BCUT2D eigenvalue weighted by atomic mass is 19.2. The summed E-state index contributed by atoms with van der Waals surface area (Å²) in [6.45, 7) is 0. The second-order valence-electron chi connectivity index (χ2n) is 16.7. The molecule has 1 heterocycles. The molecule has 11 aromatic carbocycles. The van der Waals surface area contributed by atoms with Crippen LogP contribution < -0.4 is 4.90 Å². The lowest BCUT2D eigenvalue weighted by atomic mass is 9.92. The van der Waals surface area contributed by atoms with Crippen molar-refractivity contribution in [2.45, 2.75) is 0 Å². The molecule has 12 rings (SSSR count). The average Bonchev–Trinajstić information content (AvgIpc) is 3.72. The lowest BCUT2D eigenvalue weighted by molar-refractivity contribution is 0.381. The van der Waals surface area contributed by atoms with E-state index in [1.807, 2.05) is 47.4 Å². The zero-order chi connectivity index (χ0) is 45.3. The second kappa shape index (κ2) is 15.9. The fraction of sp³-hybridized carbons (Fsp3) is 0. The molecule has 0 saturated heterocycles. The van der Waals surface area contributed by atoms with E-state index in [1.54, 1.807) is 12.1 Å². The van der Waals surface area contributed by atoms with Crippen LogP contribution in [0.2, 0.25) is 0 Å². The maximum Gasteiger partial charge on any atom is 0.200 e. The van der Waals surface area contributed by atoms with Crippen LogP contribution in [0.3, 0.4) is 0 Å². The molecule has 0 N–H and O–H groups in total.